The first-order valence-corrected chi connectivity index (χ1v) is 7.19. The summed E-state index contributed by atoms with van der Waals surface area (Å²) in [7, 11) is 0. The van der Waals surface area contributed by atoms with Crippen LogP contribution >= 0.6 is 0 Å². The average Bonchev–Trinajstić information content (AvgIpc) is 2.48. The Bertz CT molecular complexity index is 392. The zero-order chi connectivity index (χ0) is 13.1. The van der Waals surface area contributed by atoms with Crippen molar-refractivity contribution in [2.45, 2.75) is 31.9 Å². The van der Waals surface area contributed by atoms with Gasteiger partial charge in [0.1, 0.15) is 5.82 Å². The fourth-order valence-electron chi connectivity index (χ4n) is 3.09. The lowest BCUT2D eigenvalue weighted by molar-refractivity contribution is -0.0373. The summed E-state index contributed by atoms with van der Waals surface area (Å²) in [5, 5.41) is 0. The average molecular weight is 262 g/mol. The van der Waals surface area contributed by atoms with Crippen molar-refractivity contribution in [3.63, 3.8) is 0 Å². The van der Waals surface area contributed by atoms with Crippen LogP contribution in [-0.2, 0) is 4.74 Å². The lowest BCUT2D eigenvalue weighted by atomic mass is 10.0. The van der Waals surface area contributed by atoms with Crippen LogP contribution in [0, 0.1) is 0 Å². The van der Waals surface area contributed by atoms with Crippen LogP contribution < -0.4 is 4.90 Å². The predicted molar refractivity (Wildman–Crippen MR) is 74.3 cm³/mol. The molecule has 0 radical (unpaired) electrons. The van der Waals surface area contributed by atoms with Gasteiger partial charge in [-0.05, 0) is 19.8 Å². The quantitative estimate of drug-likeness (QED) is 0.800. The fraction of sp³-hybridized carbons (Fsp3) is 0.714. The number of morpholine rings is 1. The molecule has 2 saturated heterocycles. The molecule has 5 heteroatoms. The van der Waals surface area contributed by atoms with E-state index in [9.17, 15) is 0 Å². The van der Waals surface area contributed by atoms with Gasteiger partial charge >= 0.3 is 0 Å². The Labute approximate surface area is 114 Å². The maximum Gasteiger partial charge on any atom is 0.147 e. The minimum absolute atomic E-state index is 0.381. The summed E-state index contributed by atoms with van der Waals surface area (Å²) in [5.41, 5.74) is 0. The first kappa shape index (κ1) is 12.8. The summed E-state index contributed by atoms with van der Waals surface area (Å²) >= 11 is 0. The standard InChI is InChI=1S/C14H22N4O/c1-12-11-18(8-9-19-12)13-2-6-17(7-3-13)14-10-15-4-5-16-14/h4-5,10,12-13H,2-3,6-9,11H2,1H3. The van der Waals surface area contributed by atoms with Crippen molar-refractivity contribution in [1.29, 1.82) is 0 Å². The maximum absolute atomic E-state index is 5.62. The van der Waals surface area contributed by atoms with Crippen LogP contribution in [0.2, 0.25) is 0 Å². The van der Waals surface area contributed by atoms with Crippen molar-refractivity contribution < 1.29 is 4.74 Å². The van der Waals surface area contributed by atoms with Crippen molar-refractivity contribution >= 4 is 5.82 Å². The van der Waals surface area contributed by atoms with Crippen LogP contribution in [-0.4, -0.2) is 59.8 Å². The molecule has 19 heavy (non-hydrogen) atoms. The molecule has 1 aromatic heterocycles. The van der Waals surface area contributed by atoms with Crippen molar-refractivity contribution in [3.05, 3.63) is 18.6 Å². The number of hydrogen-bond donors (Lipinski definition) is 0. The van der Waals surface area contributed by atoms with Crippen molar-refractivity contribution in [1.82, 2.24) is 14.9 Å². The highest BCUT2D eigenvalue weighted by Gasteiger charge is 2.28. The summed E-state index contributed by atoms with van der Waals surface area (Å²) in [6.07, 6.45) is 8.16. The summed E-state index contributed by atoms with van der Waals surface area (Å²) in [6.45, 7) is 7.37. The maximum atomic E-state index is 5.62. The van der Waals surface area contributed by atoms with E-state index in [1.165, 1.54) is 12.8 Å². The van der Waals surface area contributed by atoms with Gasteiger partial charge in [-0.25, -0.2) is 4.98 Å². The van der Waals surface area contributed by atoms with E-state index in [1.807, 2.05) is 6.20 Å². The highest BCUT2D eigenvalue weighted by Crippen LogP contribution is 2.21. The SMILES string of the molecule is CC1CN(C2CCN(c3cnccn3)CC2)CCO1. The normalized spacial score (nSPS) is 26.6. The van der Waals surface area contributed by atoms with Gasteiger partial charge in [0, 0.05) is 44.6 Å². The molecule has 0 N–H and O–H groups in total. The van der Waals surface area contributed by atoms with Crippen LogP contribution in [0.5, 0.6) is 0 Å². The third-order valence-electron chi connectivity index (χ3n) is 4.13. The number of aromatic nitrogens is 2. The summed E-state index contributed by atoms with van der Waals surface area (Å²) in [6, 6.07) is 0.708. The molecule has 2 fully saturated rings. The van der Waals surface area contributed by atoms with Crippen LogP contribution in [0.1, 0.15) is 19.8 Å². The monoisotopic (exact) mass is 262 g/mol. The topological polar surface area (TPSA) is 41.5 Å². The smallest absolute Gasteiger partial charge is 0.147 e. The second kappa shape index (κ2) is 5.84. The van der Waals surface area contributed by atoms with Gasteiger partial charge in [0.25, 0.3) is 0 Å². The molecule has 1 aromatic rings. The Balaban J connectivity index is 1.54. The number of nitrogens with zero attached hydrogens (tertiary/aromatic N) is 4. The molecule has 3 heterocycles. The summed E-state index contributed by atoms with van der Waals surface area (Å²) in [4.78, 5) is 13.5. The van der Waals surface area contributed by atoms with E-state index >= 15 is 0 Å². The van der Waals surface area contributed by atoms with E-state index in [1.54, 1.807) is 12.4 Å². The molecule has 5 nitrogen and oxygen atoms in total. The molecule has 104 valence electrons. The molecule has 3 rings (SSSR count). The van der Waals surface area contributed by atoms with Crippen molar-refractivity contribution in [2.75, 3.05) is 37.7 Å². The molecule has 1 unspecified atom stereocenters. The molecule has 2 aliphatic rings. The fourth-order valence-corrected chi connectivity index (χ4v) is 3.09. The van der Waals surface area contributed by atoms with E-state index in [4.69, 9.17) is 4.74 Å². The summed E-state index contributed by atoms with van der Waals surface area (Å²) in [5.74, 6) is 1.01. The summed E-state index contributed by atoms with van der Waals surface area (Å²) < 4.78 is 5.62. The van der Waals surface area contributed by atoms with Gasteiger partial charge in [0.05, 0.1) is 18.9 Å². The number of hydrogen-bond acceptors (Lipinski definition) is 5. The van der Waals surface area contributed by atoms with Crippen molar-refractivity contribution in [3.8, 4) is 0 Å². The molecule has 0 spiro atoms. The van der Waals surface area contributed by atoms with E-state index in [-0.39, 0.29) is 0 Å². The molecule has 2 aliphatic heterocycles. The Morgan fingerprint density at radius 1 is 1.21 bits per heavy atom. The third kappa shape index (κ3) is 3.04. The Hall–Kier alpha value is -1.20. The highest BCUT2D eigenvalue weighted by atomic mass is 16.5. The highest BCUT2D eigenvalue weighted by molar-refractivity contribution is 5.35. The van der Waals surface area contributed by atoms with Crippen LogP contribution in [0.4, 0.5) is 5.82 Å². The van der Waals surface area contributed by atoms with Crippen LogP contribution in [0.25, 0.3) is 0 Å². The van der Waals surface area contributed by atoms with Gasteiger partial charge in [0.15, 0.2) is 0 Å². The Kier molecular flexibility index (Phi) is 3.94. The van der Waals surface area contributed by atoms with Crippen LogP contribution in [0.3, 0.4) is 0 Å². The van der Waals surface area contributed by atoms with Gasteiger partial charge in [0.2, 0.25) is 0 Å². The largest absolute Gasteiger partial charge is 0.376 e. The Morgan fingerprint density at radius 2 is 2.05 bits per heavy atom. The number of anilines is 1. The van der Waals surface area contributed by atoms with E-state index in [2.05, 4.69) is 26.7 Å². The molecule has 0 aromatic carbocycles. The molecule has 0 bridgehead atoms. The minimum atomic E-state index is 0.381. The number of ether oxygens (including phenoxy) is 1. The van der Waals surface area contributed by atoms with Crippen LogP contribution in [0.15, 0.2) is 18.6 Å². The van der Waals surface area contributed by atoms with Crippen molar-refractivity contribution in [2.24, 2.45) is 0 Å². The lowest BCUT2D eigenvalue weighted by Gasteiger charge is -2.41. The first-order chi connectivity index (χ1) is 9.33. The minimum Gasteiger partial charge on any atom is -0.376 e. The van der Waals surface area contributed by atoms with Gasteiger partial charge in [-0.2, -0.15) is 0 Å². The second-order valence-electron chi connectivity index (χ2n) is 5.46. The van der Waals surface area contributed by atoms with E-state index in [0.717, 1.165) is 38.6 Å². The Morgan fingerprint density at radius 3 is 2.74 bits per heavy atom. The van der Waals surface area contributed by atoms with E-state index in [0.29, 0.717) is 12.1 Å². The zero-order valence-electron chi connectivity index (χ0n) is 11.5. The van der Waals surface area contributed by atoms with Gasteiger partial charge in [-0.15, -0.1) is 0 Å². The van der Waals surface area contributed by atoms with Gasteiger partial charge in [-0.1, -0.05) is 0 Å². The molecule has 0 aliphatic carbocycles. The molecular formula is C14H22N4O. The van der Waals surface area contributed by atoms with Gasteiger partial charge in [-0.3, -0.25) is 9.88 Å². The third-order valence-corrected chi connectivity index (χ3v) is 4.13. The van der Waals surface area contributed by atoms with E-state index < -0.39 is 0 Å². The molecule has 0 saturated carbocycles. The lowest BCUT2D eigenvalue weighted by Crippen LogP contribution is -2.51. The first-order valence-electron chi connectivity index (χ1n) is 7.19. The molecular weight excluding hydrogens is 240 g/mol. The van der Waals surface area contributed by atoms with Gasteiger partial charge < -0.3 is 9.64 Å². The number of piperidine rings is 1. The second-order valence-corrected chi connectivity index (χ2v) is 5.46. The predicted octanol–water partition coefficient (Wildman–Crippen LogP) is 1.17. The molecule has 1 atom stereocenters. The molecule has 0 amide bonds. The number of rotatable bonds is 2. The zero-order valence-corrected chi connectivity index (χ0v) is 11.5.